The largest absolute Gasteiger partial charge is 0.0651 e. The van der Waals surface area contributed by atoms with E-state index in [0.717, 1.165) is 0 Å². The molecule has 0 fully saturated rings. The smallest absolute Gasteiger partial charge is 0.0149 e. The zero-order valence-electron chi connectivity index (χ0n) is 12.4. The SMILES string of the molecule is CCCc1c(C)ccc(-c2ccccc2)c1CCC. The van der Waals surface area contributed by atoms with Gasteiger partial charge >= 0.3 is 0 Å². The Morgan fingerprint density at radius 3 is 2.00 bits per heavy atom. The summed E-state index contributed by atoms with van der Waals surface area (Å²) < 4.78 is 0. The molecular formula is C19H24. The third-order valence-corrected chi connectivity index (χ3v) is 3.75. The fraction of sp³-hybridized carbons (Fsp3) is 0.368. The molecule has 0 amide bonds. The standard InChI is InChI=1S/C19H24/c1-4-9-17-15(3)13-14-18(19(17)10-5-2)16-11-7-6-8-12-16/h6-8,11-14H,4-5,9-10H2,1-3H3. The van der Waals surface area contributed by atoms with Crippen molar-refractivity contribution in [2.24, 2.45) is 0 Å². The lowest BCUT2D eigenvalue weighted by molar-refractivity contribution is 0.855. The first kappa shape index (κ1) is 13.9. The van der Waals surface area contributed by atoms with E-state index in [1.54, 1.807) is 11.1 Å². The quantitative estimate of drug-likeness (QED) is 0.653. The van der Waals surface area contributed by atoms with Gasteiger partial charge in [-0.1, -0.05) is 69.2 Å². The summed E-state index contributed by atoms with van der Waals surface area (Å²) in [5, 5.41) is 0. The number of hydrogen-bond acceptors (Lipinski definition) is 0. The van der Waals surface area contributed by atoms with E-state index in [4.69, 9.17) is 0 Å². The Labute approximate surface area is 117 Å². The molecule has 0 bridgehead atoms. The van der Waals surface area contributed by atoms with Crippen LogP contribution in [0.2, 0.25) is 0 Å². The Hall–Kier alpha value is -1.56. The van der Waals surface area contributed by atoms with Crippen LogP contribution in [0.15, 0.2) is 42.5 Å². The molecule has 0 aliphatic rings. The highest BCUT2D eigenvalue weighted by Crippen LogP contribution is 2.30. The average molecular weight is 252 g/mol. The molecule has 0 spiro atoms. The molecule has 0 aliphatic heterocycles. The van der Waals surface area contributed by atoms with Crippen LogP contribution in [0.25, 0.3) is 11.1 Å². The Kier molecular flexibility index (Phi) is 4.79. The topological polar surface area (TPSA) is 0 Å². The van der Waals surface area contributed by atoms with Crippen molar-refractivity contribution in [2.75, 3.05) is 0 Å². The predicted molar refractivity (Wildman–Crippen MR) is 84.6 cm³/mol. The summed E-state index contributed by atoms with van der Waals surface area (Å²) >= 11 is 0. The minimum atomic E-state index is 1.18. The normalized spacial score (nSPS) is 10.7. The van der Waals surface area contributed by atoms with Gasteiger partial charge < -0.3 is 0 Å². The molecule has 0 atom stereocenters. The van der Waals surface area contributed by atoms with Crippen molar-refractivity contribution in [1.29, 1.82) is 0 Å². The summed E-state index contributed by atoms with van der Waals surface area (Å²) in [6, 6.07) is 15.4. The third kappa shape index (κ3) is 3.07. The second kappa shape index (κ2) is 6.56. The number of hydrogen-bond donors (Lipinski definition) is 0. The van der Waals surface area contributed by atoms with Gasteiger partial charge in [0.2, 0.25) is 0 Å². The van der Waals surface area contributed by atoms with E-state index in [9.17, 15) is 0 Å². The fourth-order valence-corrected chi connectivity index (χ4v) is 2.83. The molecular weight excluding hydrogens is 228 g/mol. The summed E-state index contributed by atoms with van der Waals surface area (Å²) in [6.45, 7) is 6.79. The zero-order chi connectivity index (χ0) is 13.7. The maximum Gasteiger partial charge on any atom is -0.0149 e. The second-order valence-electron chi connectivity index (χ2n) is 5.25. The molecule has 0 saturated carbocycles. The van der Waals surface area contributed by atoms with Crippen LogP contribution in [0.1, 0.15) is 43.4 Å². The third-order valence-electron chi connectivity index (χ3n) is 3.75. The van der Waals surface area contributed by atoms with Crippen molar-refractivity contribution in [3.05, 3.63) is 59.2 Å². The van der Waals surface area contributed by atoms with Gasteiger partial charge in [-0.3, -0.25) is 0 Å². The van der Waals surface area contributed by atoms with Gasteiger partial charge in [-0.25, -0.2) is 0 Å². The molecule has 0 unspecified atom stereocenters. The van der Waals surface area contributed by atoms with Crippen molar-refractivity contribution in [2.45, 2.75) is 46.5 Å². The molecule has 2 aromatic carbocycles. The first-order chi connectivity index (χ1) is 9.27. The van der Waals surface area contributed by atoms with Crippen LogP contribution in [0, 0.1) is 6.92 Å². The molecule has 2 aromatic rings. The Balaban J connectivity index is 2.57. The van der Waals surface area contributed by atoms with E-state index in [2.05, 4.69) is 63.2 Å². The van der Waals surface area contributed by atoms with Crippen molar-refractivity contribution < 1.29 is 0 Å². The predicted octanol–water partition coefficient (Wildman–Crippen LogP) is 5.57. The summed E-state index contributed by atoms with van der Waals surface area (Å²) in [7, 11) is 0. The highest BCUT2D eigenvalue weighted by Gasteiger charge is 2.11. The van der Waals surface area contributed by atoms with Crippen molar-refractivity contribution in [1.82, 2.24) is 0 Å². The van der Waals surface area contributed by atoms with Gasteiger partial charge in [0.15, 0.2) is 0 Å². The molecule has 0 heterocycles. The molecule has 0 aromatic heterocycles. The van der Waals surface area contributed by atoms with Gasteiger partial charge in [0, 0.05) is 0 Å². The van der Waals surface area contributed by atoms with Gasteiger partial charge in [-0.15, -0.1) is 0 Å². The molecule has 0 radical (unpaired) electrons. The highest BCUT2D eigenvalue weighted by atomic mass is 14.2. The highest BCUT2D eigenvalue weighted by molar-refractivity contribution is 5.69. The van der Waals surface area contributed by atoms with Crippen LogP contribution in [-0.2, 0) is 12.8 Å². The van der Waals surface area contributed by atoms with Gasteiger partial charge in [-0.05, 0) is 47.6 Å². The Morgan fingerprint density at radius 2 is 1.37 bits per heavy atom. The van der Waals surface area contributed by atoms with Crippen LogP contribution in [-0.4, -0.2) is 0 Å². The van der Waals surface area contributed by atoms with E-state index in [0.29, 0.717) is 0 Å². The van der Waals surface area contributed by atoms with Gasteiger partial charge in [0.05, 0.1) is 0 Å². The minimum absolute atomic E-state index is 1.18. The lowest BCUT2D eigenvalue weighted by atomic mass is 9.88. The molecule has 0 aliphatic carbocycles. The van der Waals surface area contributed by atoms with Crippen LogP contribution >= 0.6 is 0 Å². The zero-order valence-corrected chi connectivity index (χ0v) is 12.4. The summed E-state index contributed by atoms with van der Waals surface area (Å²) in [4.78, 5) is 0. The van der Waals surface area contributed by atoms with Crippen molar-refractivity contribution in [3.8, 4) is 11.1 Å². The maximum atomic E-state index is 2.30. The molecule has 0 saturated heterocycles. The lowest BCUT2D eigenvalue weighted by Gasteiger charge is -2.17. The van der Waals surface area contributed by atoms with Gasteiger partial charge in [0.25, 0.3) is 0 Å². The molecule has 100 valence electrons. The van der Waals surface area contributed by atoms with Crippen LogP contribution in [0.5, 0.6) is 0 Å². The van der Waals surface area contributed by atoms with E-state index in [1.165, 1.54) is 42.4 Å². The van der Waals surface area contributed by atoms with Crippen molar-refractivity contribution >= 4 is 0 Å². The van der Waals surface area contributed by atoms with Crippen molar-refractivity contribution in [3.63, 3.8) is 0 Å². The lowest BCUT2D eigenvalue weighted by Crippen LogP contribution is -2.00. The fourth-order valence-electron chi connectivity index (χ4n) is 2.83. The molecule has 19 heavy (non-hydrogen) atoms. The minimum Gasteiger partial charge on any atom is -0.0651 e. The van der Waals surface area contributed by atoms with Gasteiger partial charge in [0.1, 0.15) is 0 Å². The molecule has 0 N–H and O–H groups in total. The van der Waals surface area contributed by atoms with E-state index in [1.807, 2.05) is 0 Å². The summed E-state index contributed by atoms with van der Waals surface area (Å²) in [5.74, 6) is 0. The van der Waals surface area contributed by atoms with E-state index >= 15 is 0 Å². The molecule has 2 rings (SSSR count). The van der Waals surface area contributed by atoms with Crippen LogP contribution in [0.4, 0.5) is 0 Å². The first-order valence-corrected chi connectivity index (χ1v) is 7.44. The van der Waals surface area contributed by atoms with Crippen LogP contribution in [0.3, 0.4) is 0 Å². The second-order valence-corrected chi connectivity index (χ2v) is 5.25. The number of benzene rings is 2. The maximum absolute atomic E-state index is 2.30. The molecule has 0 nitrogen and oxygen atoms in total. The summed E-state index contributed by atoms with van der Waals surface area (Å²) in [5.41, 5.74) is 7.37. The van der Waals surface area contributed by atoms with E-state index < -0.39 is 0 Å². The monoisotopic (exact) mass is 252 g/mol. The Morgan fingerprint density at radius 1 is 0.737 bits per heavy atom. The molecule has 0 heteroatoms. The van der Waals surface area contributed by atoms with Crippen LogP contribution < -0.4 is 0 Å². The first-order valence-electron chi connectivity index (χ1n) is 7.44. The van der Waals surface area contributed by atoms with E-state index in [-0.39, 0.29) is 0 Å². The Bertz CT molecular complexity index is 523. The van der Waals surface area contributed by atoms with Gasteiger partial charge in [-0.2, -0.15) is 0 Å². The average Bonchev–Trinajstić information content (AvgIpc) is 2.44. The summed E-state index contributed by atoms with van der Waals surface area (Å²) in [6.07, 6.45) is 4.80. The number of aryl methyl sites for hydroxylation is 1. The number of rotatable bonds is 5.